The first kappa shape index (κ1) is 22.5. The molecule has 0 bridgehead atoms. The van der Waals surface area contributed by atoms with Crippen LogP contribution >= 0.6 is 22.9 Å². The number of carbonyl (C=O) groups is 2. The molecule has 1 aliphatic carbocycles. The smallest absolute Gasteiger partial charge is 0.407 e. The lowest BCUT2D eigenvalue weighted by Crippen LogP contribution is -2.62. The Morgan fingerprint density at radius 3 is 2.66 bits per heavy atom. The van der Waals surface area contributed by atoms with Gasteiger partial charge >= 0.3 is 6.09 Å². The zero-order valence-corrected chi connectivity index (χ0v) is 19.0. The molecule has 0 spiro atoms. The second-order valence-electron chi connectivity index (χ2n) is 7.97. The van der Waals surface area contributed by atoms with E-state index in [2.05, 4.69) is 15.2 Å². The van der Waals surface area contributed by atoms with E-state index in [-0.39, 0.29) is 11.7 Å². The number of thiophene rings is 1. The molecule has 1 saturated heterocycles. The van der Waals surface area contributed by atoms with Crippen molar-refractivity contribution in [1.82, 2.24) is 10.3 Å². The van der Waals surface area contributed by atoms with E-state index in [9.17, 15) is 9.59 Å². The predicted octanol–water partition coefficient (Wildman–Crippen LogP) is 3.81. The Morgan fingerprint density at radius 2 is 1.97 bits per heavy atom. The van der Waals surface area contributed by atoms with E-state index < -0.39 is 17.7 Å². The van der Waals surface area contributed by atoms with Crippen LogP contribution in [0.5, 0.6) is 0 Å². The number of ketones is 1. The maximum absolute atomic E-state index is 13.0. The summed E-state index contributed by atoms with van der Waals surface area (Å²) >= 11 is 7.13. The van der Waals surface area contributed by atoms with Crippen molar-refractivity contribution in [1.29, 1.82) is 0 Å². The van der Waals surface area contributed by atoms with Crippen LogP contribution in [-0.2, 0) is 4.74 Å². The lowest BCUT2D eigenvalue weighted by molar-refractivity contribution is 0.0892. The summed E-state index contributed by atoms with van der Waals surface area (Å²) in [7, 11) is 0. The van der Waals surface area contributed by atoms with Gasteiger partial charge < -0.3 is 20.7 Å². The number of nitrogens with zero attached hydrogens (tertiary/aromatic N) is 2. The van der Waals surface area contributed by atoms with Gasteiger partial charge in [0.05, 0.1) is 21.9 Å². The molecule has 9 heteroatoms. The number of pyridine rings is 1. The summed E-state index contributed by atoms with van der Waals surface area (Å²) in [5.74, 6) is -0.0121. The van der Waals surface area contributed by atoms with Crippen molar-refractivity contribution >= 4 is 40.5 Å². The molecule has 2 unspecified atom stereocenters. The van der Waals surface area contributed by atoms with Crippen molar-refractivity contribution in [2.24, 2.45) is 11.7 Å². The van der Waals surface area contributed by atoms with Crippen molar-refractivity contribution in [2.45, 2.75) is 24.4 Å². The van der Waals surface area contributed by atoms with Crippen LogP contribution in [0.25, 0.3) is 0 Å². The van der Waals surface area contributed by atoms with Crippen LogP contribution in [0.15, 0.2) is 61.0 Å². The second kappa shape index (κ2) is 9.85. The van der Waals surface area contributed by atoms with E-state index in [0.29, 0.717) is 15.8 Å². The monoisotopic (exact) mass is 472 g/mol. The Bertz CT molecular complexity index is 1020. The molecule has 2 aromatic rings. The fourth-order valence-corrected chi connectivity index (χ4v) is 5.03. The van der Waals surface area contributed by atoms with Crippen molar-refractivity contribution in [3.05, 3.63) is 70.2 Å². The SMILES string of the molecule is NC1(C(=O)c2ccc(Cl)s2)C=CC=CC1NC(=O)OCC1CCN(c2ccncc2)CC1. The third-order valence-corrected chi connectivity index (χ3v) is 7.09. The van der Waals surface area contributed by atoms with Crippen LogP contribution in [0, 0.1) is 5.92 Å². The molecule has 1 fully saturated rings. The van der Waals surface area contributed by atoms with Gasteiger partial charge in [-0.05, 0) is 43.0 Å². The first-order chi connectivity index (χ1) is 15.5. The molecule has 1 amide bonds. The minimum Gasteiger partial charge on any atom is -0.449 e. The first-order valence-corrected chi connectivity index (χ1v) is 11.7. The summed E-state index contributed by atoms with van der Waals surface area (Å²) in [5.41, 5.74) is 6.19. The molecule has 0 radical (unpaired) electrons. The highest BCUT2D eigenvalue weighted by molar-refractivity contribution is 7.18. The largest absolute Gasteiger partial charge is 0.449 e. The van der Waals surface area contributed by atoms with Gasteiger partial charge in [0.1, 0.15) is 5.54 Å². The fraction of sp³-hybridized carbons (Fsp3) is 0.348. The number of anilines is 1. The van der Waals surface area contributed by atoms with Crippen molar-refractivity contribution in [3.8, 4) is 0 Å². The quantitative estimate of drug-likeness (QED) is 0.620. The second-order valence-corrected chi connectivity index (χ2v) is 9.68. The van der Waals surface area contributed by atoms with Gasteiger partial charge in [-0.15, -0.1) is 11.3 Å². The lowest BCUT2D eigenvalue weighted by atomic mass is 9.82. The number of aromatic nitrogens is 1. The minimum absolute atomic E-state index is 0.290. The first-order valence-electron chi connectivity index (χ1n) is 10.5. The molecule has 7 nitrogen and oxygen atoms in total. The summed E-state index contributed by atoms with van der Waals surface area (Å²) in [4.78, 5) is 32.3. The molecular weight excluding hydrogens is 448 g/mol. The molecule has 2 atom stereocenters. The van der Waals surface area contributed by atoms with Gasteiger partial charge in [-0.2, -0.15) is 0 Å². The summed E-state index contributed by atoms with van der Waals surface area (Å²) in [6.45, 7) is 2.13. The van der Waals surface area contributed by atoms with Crippen LogP contribution in [0.3, 0.4) is 0 Å². The van der Waals surface area contributed by atoms with E-state index in [1.807, 2.05) is 12.1 Å². The Kier molecular flexibility index (Phi) is 6.93. The van der Waals surface area contributed by atoms with Crippen molar-refractivity contribution in [3.63, 3.8) is 0 Å². The number of allylic oxidation sites excluding steroid dienone is 2. The number of ether oxygens (including phenoxy) is 1. The number of nitrogens with one attached hydrogen (secondary N) is 1. The number of nitrogens with two attached hydrogens (primary N) is 1. The third-order valence-electron chi connectivity index (χ3n) is 5.86. The average molecular weight is 473 g/mol. The number of carbonyl (C=O) groups excluding carboxylic acids is 2. The topological polar surface area (TPSA) is 97.5 Å². The van der Waals surface area contributed by atoms with Gasteiger partial charge in [0.25, 0.3) is 0 Å². The number of hydrogen-bond acceptors (Lipinski definition) is 7. The Balaban J connectivity index is 1.29. The highest BCUT2D eigenvalue weighted by Gasteiger charge is 2.42. The van der Waals surface area contributed by atoms with Crippen LogP contribution in [-0.4, -0.2) is 48.1 Å². The molecule has 1 aliphatic heterocycles. The van der Waals surface area contributed by atoms with E-state index in [1.54, 1.807) is 48.8 Å². The molecule has 0 aromatic carbocycles. The molecular formula is C23H25ClN4O3S. The van der Waals surface area contributed by atoms with Crippen molar-refractivity contribution in [2.75, 3.05) is 24.6 Å². The molecule has 4 rings (SSSR count). The van der Waals surface area contributed by atoms with Crippen LogP contribution in [0.4, 0.5) is 10.5 Å². The normalized spacial score (nSPS) is 23.2. The van der Waals surface area contributed by atoms with E-state index >= 15 is 0 Å². The lowest BCUT2D eigenvalue weighted by Gasteiger charge is -2.34. The summed E-state index contributed by atoms with van der Waals surface area (Å²) in [5, 5.41) is 2.75. The average Bonchev–Trinajstić information content (AvgIpc) is 3.26. The molecule has 0 saturated carbocycles. The van der Waals surface area contributed by atoms with E-state index in [4.69, 9.17) is 22.1 Å². The van der Waals surface area contributed by atoms with E-state index in [0.717, 1.165) is 43.0 Å². The van der Waals surface area contributed by atoms with Crippen LogP contribution < -0.4 is 16.0 Å². The maximum atomic E-state index is 13.0. The Morgan fingerprint density at radius 1 is 1.22 bits per heavy atom. The molecule has 32 heavy (non-hydrogen) atoms. The maximum Gasteiger partial charge on any atom is 0.407 e. The third kappa shape index (κ3) is 5.03. The zero-order chi connectivity index (χ0) is 22.6. The molecule has 3 heterocycles. The van der Waals surface area contributed by atoms with Crippen LogP contribution in [0.2, 0.25) is 4.34 Å². The predicted molar refractivity (Wildman–Crippen MR) is 126 cm³/mol. The van der Waals surface area contributed by atoms with Gasteiger partial charge in [-0.1, -0.05) is 35.9 Å². The summed E-state index contributed by atoms with van der Waals surface area (Å²) < 4.78 is 5.99. The van der Waals surface area contributed by atoms with Crippen molar-refractivity contribution < 1.29 is 14.3 Å². The summed E-state index contributed by atoms with van der Waals surface area (Å²) in [6, 6.07) is 6.58. The fourth-order valence-electron chi connectivity index (χ4n) is 3.96. The molecule has 2 aliphatic rings. The number of amides is 1. The van der Waals surface area contributed by atoms with Gasteiger partial charge in [-0.25, -0.2) is 4.79 Å². The highest BCUT2D eigenvalue weighted by atomic mass is 35.5. The summed E-state index contributed by atoms with van der Waals surface area (Å²) in [6.07, 6.45) is 11.6. The Labute approximate surface area is 195 Å². The number of rotatable bonds is 6. The van der Waals surface area contributed by atoms with Gasteiger partial charge in [0.15, 0.2) is 5.78 Å². The van der Waals surface area contributed by atoms with Gasteiger partial charge in [0.2, 0.25) is 0 Å². The molecule has 2 aromatic heterocycles. The molecule has 3 N–H and O–H groups in total. The van der Waals surface area contributed by atoms with Gasteiger partial charge in [-0.3, -0.25) is 9.78 Å². The number of Topliss-reactive ketones (excluding diaryl/α,β-unsaturated/α-hetero) is 1. The zero-order valence-electron chi connectivity index (χ0n) is 17.4. The molecule has 168 valence electrons. The highest BCUT2D eigenvalue weighted by Crippen LogP contribution is 2.28. The standard InChI is InChI=1S/C23H25ClN4O3S/c24-20-5-4-18(32-20)21(29)23(25)10-2-1-3-19(23)27-22(30)31-15-16-8-13-28(14-9-16)17-6-11-26-12-7-17/h1-7,10-12,16,19H,8-9,13-15,25H2,(H,27,30). The number of halogens is 1. The Hall–Kier alpha value is -2.68. The van der Waals surface area contributed by atoms with E-state index in [1.165, 1.54) is 0 Å². The van der Waals surface area contributed by atoms with Crippen LogP contribution in [0.1, 0.15) is 22.5 Å². The van der Waals surface area contributed by atoms with Gasteiger partial charge in [0, 0.05) is 31.2 Å². The number of hydrogen-bond donors (Lipinski definition) is 2. The minimum atomic E-state index is -1.40. The number of alkyl carbamates (subject to hydrolysis) is 1. The number of piperidine rings is 1.